The van der Waals surface area contributed by atoms with Crippen LogP contribution in [-0.2, 0) is 11.2 Å². The molecule has 2 aliphatic heterocycles. The SMILES string of the molecule is CCCC(C)NC(=O)c1cccc(-c2nc(N3CCOCC3)nc3c2CCN3c2cccnc2)c1. The quantitative estimate of drug-likeness (QED) is 0.557. The number of morpholine rings is 1. The smallest absolute Gasteiger partial charge is 0.251 e. The molecule has 1 saturated heterocycles. The molecule has 1 fully saturated rings. The number of hydrogen-bond acceptors (Lipinski definition) is 7. The highest BCUT2D eigenvalue weighted by Gasteiger charge is 2.29. The van der Waals surface area contributed by atoms with Gasteiger partial charge in [0.05, 0.1) is 30.8 Å². The van der Waals surface area contributed by atoms with Gasteiger partial charge in [0.25, 0.3) is 5.91 Å². The Morgan fingerprint density at radius 2 is 2.00 bits per heavy atom. The molecule has 0 saturated carbocycles. The molecule has 1 atom stereocenters. The Bertz CT molecular complexity index is 1180. The first-order valence-corrected chi connectivity index (χ1v) is 12.5. The van der Waals surface area contributed by atoms with E-state index in [4.69, 9.17) is 14.7 Å². The van der Waals surface area contributed by atoms with Gasteiger partial charge in [0.1, 0.15) is 5.82 Å². The second-order valence-electron chi connectivity index (χ2n) is 9.13. The molecule has 0 spiro atoms. The van der Waals surface area contributed by atoms with Crippen LogP contribution in [0.5, 0.6) is 0 Å². The summed E-state index contributed by atoms with van der Waals surface area (Å²) in [5.74, 6) is 1.56. The molecule has 4 heterocycles. The first-order chi connectivity index (χ1) is 17.1. The predicted molar refractivity (Wildman–Crippen MR) is 137 cm³/mol. The Hall–Kier alpha value is -3.52. The van der Waals surface area contributed by atoms with Crippen molar-refractivity contribution in [2.24, 2.45) is 0 Å². The van der Waals surface area contributed by atoms with E-state index in [2.05, 4.69) is 33.1 Å². The lowest BCUT2D eigenvalue weighted by Crippen LogP contribution is -2.37. The second kappa shape index (κ2) is 10.4. The van der Waals surface area contributed by atoms with Crippen molar-refractivity contribution in [1.82, 2.24) is 20.3 Å². The highest BCUT2D eigenvalue weighted by Crippen LogP contribution is 2.39. The number of rotatable bonds is 7. The number of fused-ring (bicyclic) bond motifs is 1. The normalized spacial score (nSPS) is 16.2. The summed E-state index contributed by atoms with van der Waals surface area (Å²) in [4.78, 5) is 31.7. The fourth-order valence-corrected chi connectivity index (χ4v) is 4.77. The molecule has 0 radical (unpaired) electrons. The summed E-state index contributed by atoms with van der Waals surface area (Å²) in [5.41, 5.74) is 4.58. The molecule has 2 aromatic heterocycles. The number of hydrogen-bond donors (Lipinski definition) is 1. The molecule has 1 aromatic carbocycles. The standard InChI is InChI=1S/C27H32N6O2/c1-3-6-19(2)29-26(34)21-8-4-7-20(17-21)24-23-10-12-33(22-9-5-11-28-18-22)25(23)31-27(30-24)32-13-15-35-16-14-32/h4-5,7-9,11,17-19H,3,6,10,12-16H2,1-2H3,(H,29,34). The maximum Gasteiger partial charge on any atom is 0.251 e. The Balaban J connectivity index is 1.55. The van der Waals surface area contributed by atoms with E-state index in [1.165, 1.54) is 0 Å². The first kappa shape index (κ1) is 23.2. The fourth-order valence-electron chi connectivity index (χ4n) is 4.77. The van der Waals surface area contributed by atoms with Gasteiger partial charge >= 0.3 is 0 Å². The summed E-state index contributed by atoms with van der Waals surface area (Å²) in [6.45, 7) is 7.81. The average molecular weight is 473 g/mol. The highest BCUT2D eigenvalue weighted by atomic mass is 16.5. The number of nitrogens with zero attached hydrogens (tertiary/aromatic N) is 5. The van der Waals surface area contributed by atoms with Crippen LogP contribution in [0.2, 0.25) is 0 Å². The number of benzene rings is 1. The summed E-state index contributed by atoms with van der Waals surface area (Å²) < 4.78 is 5.55. The third-order valence-corrected chi connectivity index (χ3v) is 6.56. The van der Waals surface area contributed by atoms with Crippen LogP contribution >= 0.6 is 0 Å². The van der Waals surface area contributed by atoms with Crippen LogP contribution in [0.25, 0.3) is 11.3 Å². The Kier molecular flexibility index (Phi) is 6.90. The number of pyridine rings is 1. The fraction of sp³-hybridized carbons (Fsp3) is 0.407. The molecule has 35 heavy (non-hydrogen) atoms. The average Bonchev–Trinajstić information content (AvgIpc) is 3.33. The zero-order valence-electron chi connectivity index (χ0n) is 20.4. The zero-order chi connectivity index (χ0) is 24.2. The lowest BCUT2D eigenvalue weighted by atomic mass is 10.0. The van der Waals surface area contributed by atoms with Gasteiger partial charge in [-0.2, -0.15) is 4.98 Å². The molecule has 3 aromatic rings. The number of ether oxygens (including phenoxy) is 1. The number of carbonyl (C=O) groups is 1. The number of carbonyl (C=O) groups excluding carboxylic acids is 1. The summed E-state index contributed by atoms with van der Waals surface area (Å²) in [5, 5.41) is 3.11. The number of aromatic nitrogens is 3. The molecule has 1 unspecified atom stereocenters. The van der Waals surface area contributed by atoms with Crippen molar-refractivity contribution < 1.29 is 9.53 Å². The third-order valence-electron chi connectivity index (χ3n) is 6.56. The molecule has 1 amide bonds. The van der Waals surface area contributed by atoms with E-state index in [1.54, 1.807) is 6.20 Å². The molecule has 5 rings (SSSR count). The van der Waals surface area contributed by atoms with Gasteiger partial charge in [0.15, 0.2) is 0 Å². The Morgan fingerprint density at radius 3 is 2.77 bits per heavy atom. The van der Waals surface area contributed by atoms with Gasteiger partial charge in [-0.15, -0.1) is 0 Å². The van der Waals surface area contributed by atoms with E-state index in [9.17, 15) is 4.79 Å². The minimum absolute atomic E-state index is 0.0520. The number of anilines is 3. The van der Waals surface area contributed by atoms with E-state index in [-0.39, 0.29) is 11.9 Å². The summed E-state index contributed by atoms with van der Waals surface area (Å²) in [7, 11) is 0. The maximum atomic E-state index is 12.9. The summed E-state index contributed by atoms with van der Waals surface area (Å²) in [6, 6.07) is 11.9. The monoisotopic (exact) mass is 472 g/mol. The van der Waals surface area contributed by atoms with E-state index in [1.807, 2.05) is 43.5 Å². The van der Waals surface area contributed by atoms with Gasteiger partial charge in [-0.25, -0.2) is 4.98 Å². The van der Waals surface area contributed by atoms with Crippen molar-refractivity contribution in [3.63, 3.8) is 0 Å². The minimum atomic E-state index is -0.0520. The number of amides is 1. The molecule has 8 nitrogen and oxygen atoms in total. The lowest BCUT2D eigenvalue weighted by molar-refractivity contribution is 0.0938. The van der Waals surface area contributed by atoms with Crippen molar-refractivity contribution in [2.75, 3.05) is 42.6 Å². The van der Waals surface area contributed by atoms with Gasteiger partial charge in [-0.1, -0.05) is 25.5 Å². The molecular formula is C27H32N6O2. The predicted octanol–water partition coefficient (Wildman–Crippen LogP) is 3.99. The summed E-state index contributed by atoms with van der Waals surface area (Å²) in [6.07, 6.45) is 6.47. The van der Waals surface area contributed by atoms with Gasteiger partial charge in [0, 0.05) is 48.6 Å². The molecule has 182 valence electrons. The van der Waals surface area contributed by atoms with Crippen molar-refractivity contribution in [3.05, 3.63) is 59.9 Å². The molecule has 8 heteroatoms. The largest absolute Gasteiger partial charge is 0.378 e. The molecule has 0 bridgehead atoms. The lowest BCUT2D eigenvalue weighted by Gasteiger charge is -2.28. The van der Waals surface area contributed by atoms with Crippen LogP contribution in [-0.4, -0.2) is 59.7 Å². The topological polar surface area (TPSA) is 83.5 Å². The van der Waals surface area contributed by atoms with E-state index < -0.39 is 0 Å². The van der Waals surface area contributed by atoms with Gasteiger partial charge < -0.3 is 19.9 Å². The zero-order valence-corrected chi connectivity index (χ0v) is 20.4. The van der Waals surface area contributed by atoms with Crippen LogP contribution in [0.3, 0.4) is 0 Å². The Labute approximate surface area is 206 Å². The van der Waals surface area contributed by atoms with E-state index >= 15 is 0 Å². The van der Waals surface area contributed by atoms with E-state index in [0.717, 1.165) is 67.2 Å². The van der Waals surface area contributed by atoms with Gasteiger partial charge in [-0.05, 0) is 44.0 Å². The maximum absolute atomic E-state index is 12.9. The summed E-state index contributed by atoms with van der Waals surface area (Å²) >= 11 is 0. The van der Waals surface area contributed by atoms with Crippen LogP contribution in [0.4, 0.5) is 17.5 Å². The van der Waals surface area contributed by atoms with Gasteiger partial charge in [-0.3, -0.25) is 9.78 Å². The molecule has 0 aliphatic carbocycles. The highest BCUT2D eigenvalue weighted by molar-refractivity contribution is 5.95. The van der Waals surface area contributed by atoms with Crippen LogP contribution in [0.1, 0.15) is 42.6 Å². The van der Waals surface area contributed by atoms with Crippen LogP contribution < -0.4 is 15.1 Å². The van der Waals surface area contributed by atoms with Crippen molar-refractivity contribution in [2.45, 2.75) is 39.2 Å². The van der Waals surface area contributed by atoms with Crippen LogP contribution in [0, 0.1) is 0 Å². The van der Waals surface area contributed by atoms with Crippen molar-refractivity contribution in [1.29, 1.82) is 0 Å². The molecule has 2 aliphatic rings. The first-order valence-electron chi connectivity index (χ1n) is 12.5. The van der Waals surface area contributed by atoms with E-state index in [0.29, 0.717) is 24.7 Å². The van der Waals surface area contributed by atoms with Crippen molar-refractivity contribution >= 4 is 23.4 Å². The number of nitrogens with one attached hydrogen (secondary N) is 1. The molecule has 1 N–H and O–H groups in total. The third kappa shape index (κ3) is 4.98. The second-order valence-corrected chi connectivity index (χ2v) is 9.13. The minimum Gasteiger partial charge on any atom is -0.378 e. The van der Waals surface area contributed by atoms with Crippen molar-refractivity contribution in [3.8, 4) is 11.3 Å². The Morgan fingerprint density at radius 1 is 1.14 bits per heavy atom. The van der Waals surface area contributed by atoms with Gasteiger partial charge in [0.2, 0.25) is 5.95 Å². The van der Waals surface area contributed by atoms with Crippen LogP contribution in [0.15, 0.2) is 48.8 Å². The molecular weight excluding hydrogens is 440 g/mol.